The number of aliphatic imine (C=N–C) groups is 1. The van der Waals surface area contributed by atoms with Crippen molar-refractivity contribution in [2.45, 2.75) is 83.7 Å². The van der Waals surface area contributed by atoms with Gasteiger partial charge in [0.1, 0.15) is 24.4 Å². The molecule has 0 spiro atoms. The van der Waals surface area contributed by atoms with Crippen molar-refractivity contribution in [2.75, 3.05) is 33.4 Å². The Morgan fingerprint density at radius 3 is 2.16 bits per heavy atom. The molecule has 13 heteroatoms. The number of allylic oxidation sites excluding steroid dienone is 4. The molecular formula is C48H62N6O7. The minimum absolute atomic E-state index is 0.0523. The summed E-state index contributed by atoms with van der Waals surface area (Å²) >= 11 is 0. The summed E-state index contributed by atoms with van der Waals surface area (Å²) in [4.78, 5) is 56.0. The molecule has 61 heavy (non-hydrogen) atoms. The number of nitrogens with one attached hydrogen (secondary N) is 3. The third-order valence-electron chi connectivity index (χ3n) is 10.5. The summed E-state index contributed by atoms with van der Waals surface area (Å²) < 4.78 is 16.3. The maximum atomic E-state index is 13.6. The van der Waals surface area contributed by atoms with Gasteiger partial charge in [-0.3, -0.25) is 14.6 Å². The molecule has 1 aliphatic rings. The molecule has 0 saturated heterocycles. The molecule has 1 aliphatic carbocycles. The van der Waals surface area contributed by atoms with E-state index in [0.29, 0.717) is 31.6 Å². The molecule has 7 N–H and O–H groups in total. The molecule has 3 atom stereocenters. The minimum Gasteiger partial charge on any atom is -0.484 e. The first-order valence-corrected chi connectivity index (χ1v) is 20.8. The minimum atomic E-state index is -1.02. The first-order valence-electron chi connectivity index (χ1n) is 20.8. The molecule has 1 unspecified atom stereocenters. The number of alkyl carbamates (subject to hydrolysis) is 1. The zero-order chi connectivity index (χ0) is 44.2. The van der Waals surface area contributed by atoms with Gasteiger partial charge in [-0.25, -0.2) is 9.59 Å². The summed E-state index contributed by atoms with van der Waals surface area (Å²) in [6, 6.07) is 21.6. The number of carbonyl (C=O) groups is 4. The van der Waals surface area contributed by atoms with Crippen molar-refractivity contribution in [2.24, 2.45) is 21.9 Å². The predicted octanol–water partition coefficient (Wildman–Crippen LogP) is 6.92. The van der Waals surface area contributed by atoms with Gasteiger partial charge in [0.05, 0.1) is 7.11 Å². The van der Waals surface area contributed by atoms with Gasteiger partial charge < -0.3 is 41.6 Å². The Kier molecular flexibility index (Phi) is 18.6. The second-order valence-corrected chi connectivity index (χ2v) is 15.6. The van der Waals surface area contributed by atoms with Gasteiger partial charge in [0.2, 0.25) is 5.91 Å². The van der Waals surface area contributed by atoms with Gasteiger partial charge in [0, 0.05) is 24.4 Å². The van der Waals surface area contributed by atoms with Crippen LogP contribution >= 0.6 is 0 Å². The molecule has 0 heterocycles. The SMILES string of the molecule is C=C[C@@](C)(/C=C\c1ccc(OCC(=O)NC(CCCN=C(N)N)C(=O)N[C@@H](CCCCNC(=O)OCC2c3ccccc3-c3ccccc32)C(=O)OC)cc1)CCC=C(C)C. The van der Waals surface area contributed by atoms with Crippen LogP contribution in [0.2, 0.25) is 0 Å². The Bertz CT molecular complexity index is 1990. The molecule has 326 valence electrons. The zero-order valence-electron chi connectivity index (χ0n) is 35.9. The lowest BCUT2D eigenvalue weighted by atomic mass is 9.84. The number of benzene rings is 3. The van der Waals surface area contributed by atoms with Gasteiger partial charge >= 0.3 is 12.1 Å². The number of guanidine groups is 1. The second kappa shape index (κ2) is 24.0. The average molecular weight is 835 g/mol. The van der Waals surface area contributed by atoms with Crippen LogP contribution in [0.15, 0.2) is 108 Å². The molecule has 3 aromatic carbocycles. The van der Waals surface area contributed by atoms with E-state index in [4.69, 9.17) is 25.7 Å². The monoisotopic (exact) mass is 834 g/mol. The second-order valence-electron chi connectivity index (χ2n) is 15.6. The summed E-state index contributed by atoms with van der Waals surface area (Å²) in [5.41, 5.74) is 17.6. The fourth-order valence-corrected chi connectivity index (χ4v) is 7.02. The van der Waals surface area contributed by atoms with Crippen molar-refractivity contribution in [3.8, 4) is 16.9 Å². The summed E-state index contributed by atoms with van der Waals surface area (Å²) in [5, 5.41) is 8.23. The lowest BCUT2D eigenvalue weighted by Crippen LogP contribution is -2.52. The van der Waals surface area contributed by atoms with Gasteiger partial charge in [-0.2, -0.15) is 0 Å². The molecular weight excluding hydrogens is 773 g/mol. The van der Waals surface area contributed by atoms with Crippen LogP contribution < -0.4 is 32.2 Å². The molecule has 3 aromatic rings. The standard InChI is InChI=1S/C48H62N6O7/c1-6-48(4,27-13-15-33(2)3)28-26-34-22-24-35(25-23-34)60-32-43(55)53-41(21-14-30-51-46(49)50)44(56)54-42(45(57)59-5)20-11-12-29-52-47(58)61-31-40-38-18-9-7-16-36(38)37-17-8-10-19-39(37)40/h6-10,15-19,22-26,28,40-42H,1,11-14,20-21,27,29-32H2,2-5H3,(H,52,58)(H,53,55)(H,54,56)(H4,49,50,51)/b28-26-/t41?,42-,48+/m0/s1. The number of rotatable bonds is 24. The van der Waals surface area contributed by atoms with E-state index < -0.39 is 36.0 Å². The van der Waals surface area contributed by atoms with Crippen LogP contribution in [-0.4, -0.2) is 75.3 Å². The van der Waals surface area contributed by atoms with E-state index >= 15 is 0 Å². The largest absolute Gasteiger partial charge is 0.484 e. The number of ether oxygens (including phenoxy) is 3. The number of amides is 3. The molecule has 0 aliphatic heterocycles. The van der Waals surface area contributed by atoms with E-state index in [9.17, 15) is 19.2 Å². The molecule has 0 bridgehead atoms. The average Bonchev–Trinajstić information content (AvgIpc) is 3.57. The number of esters is 1. The normalized spacial score (nSPS) is 13.6. The van der Waals surface area contributed by atoms with Crippen LogP contribution in [0.3, 0.4) is 0 Å². The summed E-state index contributed by atoms with van der Waals surface area (Å²) in [6.45, 7) is 10.7. The van der Waals surface area contributed by atoms with Crippen molar-refractivity contribution in [1.29, 1.82) is 0 Å². The Morgan fingerprint density at radius 2 is 1.54 bits per heavy atom. The highest BCUT2D eigenvalue weighted by Crippen LogP contribution is 2.44. The quantitative estimate of drug-likeness (QED) is 0.0209. The molecule has 13 nitrogen and oxygen atoms in total. The van der Waals surface area contributed by atoms with E-state index in [1.54, 1.807) is 12.1 Å². The van der Waals surface area contributed by atoms with Crippen LogP contribution in [-0.2, 0) is 23.9 Å². The molecule has 3 amide bonds. The van der Waals surface area contributed by atoms with Crippen LogP contribution in [0.25, 0.3) is 17.2 Å². The van der Waals surface area contributed by atoms with Crippen molar-refractivity contribution < 1.29 is 33.4 Å². The Morgan fingerprint density at radius 1 is 0.885 bits per heavy atom. The van der Waals surface area contributed by atoms with E-state index in [2.05, 4.69) is 84.7 Å². The lowest BCUT2D eigenvalue weighted by molar-refractivity contribution is -0.145. The van der Waals surface area contributed by atoms with E-state index in [0.717, 1.165) is 40.7 Å². The van der Waals surface area contributed by atoms with Crippen LogP contribution in [0.4, 0.5) is 4.79 Å². The fourth-order valence-electron chi connectivity index (χ4n) is 7.02. The number of unbranched alkanes of at least 4 members (excludes halogenated alkanes) is 1. The smallest absolute Gasteiger partial charge is 0.407 e. The Labute approximate surface area is 360 Å². The summed E-state index contributed by atoms with van der Waals surface area (Å²) in [5.74, 6) is -1.40. The third-order valence-corrected chi connectivity index (χ3v) is 10.5. The van der Waals surface area contributed by atoms with Crippen LogP contribution in [0.1, 0.15) is 88.3 Å². The topological polar surface area (TPSA) is 196 Å². The van der Waals surface area contributed by atoms with E-state index in [-0.39, 0.29) is 49.9 Å². The third kappa shape index (κ3) is 15.3. The fraction of sp³-hybridized carbons (Fsp3) is 0.396. The number of fused-ring (bicyclic) bond motifs is 3. The van der Waals surface area contributed by atoms with Crippen LogP contribution in [0.5, 0.6) is 5.75 Å². The number of carbonyl (C=O) groups excluding carboxylic acids is 4. The number of methoxy groups -OCH3 is 1. The maximum Gasteiger partial charge on any atom is 0.407 e. The Balaban J connectivity index is 1.25. The number of nitrogens with two attached hydrogens (primary N) is 2. The van der Waals surface area contributed by atoms with E-state index in [1.807, 2.05) is 48.6 Å². The molecule has 0 aromatic heterocycles. The van der Waals surface area contributed by atoms with Crippen molar-refractivity contribution in [1.82, 2.24) is 16.0 Å². The van der Waals surface area contributed by atoms with Gasteiger partial charge in [0.25, 0.3) is 5.91 Å². The van der Waals surface area contributed by atoms with Gasteiger partial charge in [-0.15, -0.1) is 6.58 Å². The highest BCUT2D eigenvalue weighted by molar-refractivity contribution is 5.91. The van der Waals surface area contributed by atoms with Crippen molar-refractivity contribution in [3.05, 3.63) is 120 Å². The number of hydrogen-bond donors (Lipinski definition) is 5. The maximum absolute atomic E-state index is 13.6. The predicted molar refractivity (Wildman–Crippen MR) is 241 cm³/mol. The molecule has 4 rings (SSSR count). The first kappa shape index (κ1) is 47.3. The van der Waals surface area contributed by atoms with Crippen molar-refractivity contribution in [3.63, 3.8) is 0 Å². The lowest BCUT2D eigenvalue weighted by Gasteiger charge is -2.22. The highest BCUT2D eigenvalue weighted by atomic mass is 16.5. The van der Waals surface area contributed by atoms with Crippen molar-refractivity contribution >= 4 is 35.9 Å². The van der Waals surface area contributed by atoms with Crippen LogP contribution in [0, 0.1) is 5.41 Å². The Hall–Kier alpha value is -6.37. The molecule has 0 fully saturated rings. The van der Waals surface area contributed by atoms with Gasteiger partial charge in [0.15, 0.2) is 12.6 Å². The number of hydrogen-bond acceptors (Lipinski definition) is 8. The molecule has 0 saturated carbocycles. The molecule has 0 radical (unpaired) electrons. The van der Waals surface area contributed by atoms with Gasteiger partial charge in [-0.1, -0.05) is 97.5 Å². The van der Waals surface area contributed by atoms with Gasteiger partial charge in [-0.05, 0) is 98.7 Å². The summed E-state index contributed by atoms with van der Waals surface area (Å²) in [6.07, 6.45) is 11.5. The number of nitrogens with zero attached hydrogens (tertiary/aromatic N) is 1. The first-order chi connectivity index (χ1) is 29.3. The highest BCUT2D eigenvalue weighted by Gasteiger charge is 2.30. The zero-order valence-corrected chi connectivity index (χ0v) is 35.9. The summed E-state index contributed by atoms with van der Waals surface area (Å²) in [7, 11) is 1.24. The van der Waals surface area contributed by atoms with E-state index in [1.165, 1.54) is 12.7 Å².